The summed E-state index contributed by atoms with van der Waals surface area (Å²) in [6.45, 7) is 6.80. The molecule has 0 aliphatic carbocycles. The van der Waals surface area contributed by atoms with Crippen LogP contribution in [0.15, 0.2) is 24.3 Å². The van der Waals surface area contributed by atoms with Crippen molar-refractivity contribution in [1.29, 1.82) is 0 Å². The van der Waals surface area contributed by atoms with Gasteiger partial charge in [0.1, 0.15) is 5.82 Å². The molecule has 0 saturated heterocycles. The topological polar surface area (TPSA) is 21.3 Å². The number of unbranched alkanes of at least 4 members (excludes halogenated alkanes) is 1. The number of hydrogen-bond acceptors (Lipinski definition) is 2. The first-order chi connectivity index (χ1) is 8.77. The average Bonchev–Trinajstić information content (AvgIpc) is 2.38. The molecule has 0 fully saturated rings. The smallest absolute Gasteiger partial charge is 0.123 e. The van der Waals surface area contributed by atoms with Gasteiger partial charge >= 0.3 is 0 Å². The molecule has 1 aromatic carbocycles. The highest BCUT2D eigenvalue weighted by molar-refractivity contribution is 5.19. The van der Waals surface area contributed by atoms with Gasteiger partial charge in [0.25, 0.3) is 0 Å². The maximum Gasteiger partial charge on any atom is 0.123 e. The van der Waals surface area contributed by atoms with Crippen molar-refractivity contribution >= 4 is 0 Å². The highest BCUT2D eigenvalue weighted by atomic mass is 19.1. The van der Waals surface area contributed by atoms with Crippen LogP contribution in [0.2, 0.25) is 0 Å². The second kappa shape index (κ2) is 9.06. The Morgan fingerprint density at radius 1 is 1.17 bits per heavy atom. The van der Waals surface area contributed by atoms with Crippen LogP contribution in [0.25, 0.3) is 0 Å². The lowest BCUT2D eigenvalue weighted by atomic mass is 10.1. The summed E-state index contributed by atoms with van der Waals surface area (Å²) in [5.74, 6) is -0.201. The fourth-order valence-electron chi connectivity index (χ4n) is 1.73. The molecule has 0 amide bonds. The van der Waals surface area contributed by atoms with Crippen LogP contribution in [0.1, 0.15) is 44.8 Å². The van der Waals surface area contributed by atoms with Gasteiger partial charge in [0.15, 0.2) is 0 Å². The van der Waals surface area contributed by atoms with E-state index in [4.69, 9.17) is 4.74 Å². The first kappa shape index (κ1) is 15.1. The molecule has 0 saturated carbocycles. The number of hydrogen-bond donors (Lipinski definition) is 1. The molecule has 1 rings (SSSR count). The zero-order valence-corrected chi connectivity index (χ0v) is 11.4. The fourth-order valence-corrected chi connectivity index (χ4v) is 1.73. The summed E-state index contributed by atoms with van der Waals surface area (Å²) >= 11 is 0. The van der Waals surface area contributed by atoms with E-state index in [1.54, 1.807) is 12.1 Å². The van der Waals surface area contributed by atoms with Crippen molar-refractivity contribution in [3.63, 3.8) is 0 Å². The Hall–Kier alpha value is -0.930. The summed E-state index contributed by atoms with van der Waals surface area (Å²) in [7, 11) is 0. The number of halogens is 1. The highest BCUT2D eigenvalue weighted by Gasteiger charge is 2.11. The van der Waals surface area contributed by atoms with Crippen molar-refractivity contribution in [1.82, 2.24) is 5.32 Å². The van der Waals surface area contributed by atoms with Gasteiger partial charge in [-0.1, -0.05) is 32.4 Å². The molecule has 0 radical (unpaired) electrons. The number of nitrogens with one attached hydrogen (secondary N) is 1. The maximum atomic E-state index is 12.9. The first-order valence-electron chi connectivity index (χ1n) is 6.85. The normalized spacial score (nSPS) is 12.6. The Kier molecular flexibility index (Phi) is 7.62. The minimum Gasteiger partial charge on any atom is -0.372 e. The van der Waals surface area contributed by atoms with Gasteiger partial charge in [-0.2, -0.15) is 0 Å². The molecule has 2 nitrogen and oxygen atoms in total. The van der Waals surface area contributed by atoms with E-state index in [0.717, 1.165) is 44.5 Å². The summed E-state index contributed by atoms with van der Waals surface area (Å²) in [6, 6.07) is 6.59. The van der Waals surface area contributed by atoms with Crippen LogP contribution in [0.5, 0.6) is 0 Å². The maximum absolute atomic E-state index is 12.9. The van der Waals surface area contributed by atoms with Crippen molar-refractivity contribution < 1.29 is 9.13 Å². The molecule has 18 heavy (non-hydrogen) atoms. The predicted molar refractivity (Wildman–Crippen MR) is 73.2 cm³/mol. The van der Waals surface area contributed by atoms with Gasteiger partial charge in [0.05, 0.1) is 6.10 Å². The van der Waals surface area contributed by atoms with Gasteiger partial charge in [0.2, 0.25) is 0 Å². The van der Waals surface area contributed by atoms with Crippen molar-refractivity contribution in [2.45, 2.75) is 39.2 Å². The first-order valence-corrected chi connectivity index (χ1v) is 6.85. The lowest BCUT2D eigenvalue weighted by molar-refractivity contribution is 0.0507. The molecule has 3 heteroatoms. The SMILES string of the molecule is CCCCOC(CNCCC)c1ccc(F)cc1. The molecule has 0 aliphatic heterocycles. The van der Waals surface area contributed by atoms with Crippen LogP contribution in [-0.2, 0) is 4.74 Å². The van der Waals surface area contributed by atoms with Crippen molar-refractivity contribution in [2.75, 3.05) is 19.7 Å². The summed E-state index contributed by atoms with van der Waals surface area (Å²) in [5.41, 5.74) is 1.04. The number of benzene rings is 1. The van der Waals surface area contributed by atoms with Gasteiger partial charge in [-0.15, -0.1) is 0 Å². The van der Waals surface area contributed by atoms with E-state index in [9.17, 15) is 4.39 Å². The summed E-state index contributed by atoms with van der Waals surface area (Å²) in [6.07, 6.45) is 3.30. The van der Waals surface area contributed by atoms with Crippen LogP contribution in [-0.4, -0.2) is 19.7 Å². The van der Waals surface area contributed by atoms with E-state index in [1.165, 1.54) is 12.1 Å². The standard InChI is InChI=1S/C15H24FNO/c1-3-5-11-18-15(12-17-10-4-2)13-6-8-14(16)9-7-13/h6-9,15,17H,3-5,10-12H2,1-2H3. The summed E-state index contributed by atoms with van der Waals surface area (Å²) < 4.78 is 18.8. The zero-order chi connectivity index (χ0) is 13.2. The van der Waals surface area contributed by atoms with Crippen molar-refractivity contribution in [2.24, 2.45) is 0 Å². The average molecular weight is 253 g/mol. The molecule has 1 aromatic rings. The van der Waals surface area contributed by atoms with E-state index < -0.39 is 0 Å². The summed E-state index contributed by atoms with van der Waals surface area (Å²) in [5, 5.41) is 3.36. The Balaban J connectivity index is 2.54. The van der Waals surface area contributed by atoms with Crippen molar-refractivity contribution in [3.8, 4) is 0 Å². The second-order valence-corrected chi connectivity index (χ2v) is 4.47. The van der Waals surface area contributed by atoms with E-state index in [2.05, 4.69) is 19.2 Å². The third-order valence-electron chi connectivity index (χ3n) is 2.82. The minimum atomic E-state index is -0.201. The molecular weight excluding hydrogens is 229 g/mol. The second-order valence-electron chi connectivity index (χ2n) is 4.47. The van der Waals surface area contributed by atoms with E-state index in [0.29, 0.717) is 0 Å². The third-order valence-corrected chi connectivity index (χ3v) is 2.82. The minimum absolute atomic E-state index is 0.0173. The van der Waals surface area contributed by atoms with Gasteiger partial charge in [-0.05, 0) is 37.1 Å². The van der Waals surface area contributed by atoms with E-state index in [-0.39, 0.29) is 11.9 Å². The zero-order valence-electron chi connectivity index (χ0n) is 11.4. The van der Waals surface area contributed by atoms with Crippen LogP contribution in [0.3, 0.4) is 0 Å². The van der Waals surface area contributed by atoms with Gasteiger partial charge in [0, 0.05) is 13.2 Å². The Morgan fingerprint density at radius 3 is 2.50 bits per heavy atom. The predicted octanol–water partition coefficient (Wildman–Crippen LogP) is 3.68. The molecule has 1 atom stereocenters. The molecule has 0 heterocycles. The number of rotatable bonds is 9. The van der Waals surface area contributed by atoms with Gasteiger partial charge in [-0.3, -0.25) is 0 Å². The molecule has 1 unspecified atom stereocenters. The van der Waals surface area contributed by atoms with Gasteiger partial charge < -0.3 is 10.1 Å². The Labute approximate surface area is 110 Å². The van der Waals surface area contributed by atoms with Gasteiger partial charge in [-0.25, -0.2) is 4.39 Å². The molecule has 1 N–H and O–H groups in total. The van der Waals surface area contributed by atoms with Crippen LogP contribution < -0.4 is 5.32 Å². The van der Waals surface area contributed by atoms with E-state index in [1.807, 2.05) is 0 Å². The van der Waals surface area contributed by atoms with Crippen LogP contribution >= 0.6 is 0 Å². The number of ether oxygens (including phenoxy) is 1. The van der Waals surface area contributed by atoms with Crippen LogP contribution in [0.4, 0.5) is 4.39 Å². The quantitative estimate of drug-likeness (QED) is 0.678. The fraction of sp³-hybridized carbons (Fsp3) is 0.600. The van der Waals surface area contributed by atoms with Crippen molar-refractivity contribution in [3.05, 3.63) is 35.6 Å². The monoisotopic (exact) mass is 253 g/mol. The molecule has 0 aromatic heterocycles. The highest BCUT2D eigenvalue weighted by Crippen LogP contribution is 2.17. The Morgan fingerprint density at radius 2 is 1.89 bits per heavy atom. The lowest BCUT2D eigenvalue weighted by Crippen LogP contribution is -2.24. The lowest BCUT2D eigenvalue weighted by Gasteiger charge is -2.19. The molecule has 0 spiro atoms. The van der Waals surface area contributed by atoms with Crippen LogP contribution in [0, 0.1) is 5.82 Å². The molecule has 0 aliphatic rings. The third kappa shape index (κ3) is 5.61. The summed E-state index contributed by atoms with van der Waals surface area (Å²) in [4.78, 5) is 0. The Bertz CT molecular complexity index is 303. The van der Waals surface area contributed by atoms with E-state index >= 15 is 0 Å². The largest absolute Gasteiger partial charge is 0.372 e. The molecular formula is C15H24FNO. The molecule has 0 bridgehead atoms. The molecule has 102 valence electrons.